The standard InChI is InChI=1S/C20H30N2O2.2ClH/c1-21(11-7-19(23)8-12-21)15-17-3-5-18(6-4-17)16-22(2)13-9-20(24)10-14-22;;/h3-6H,7-16H2,1-2H3;2*1H/q+2;;/p-2. The lowest BCUT2D eigenvalue weighted by Gasteiger charge is -2.38. The van der Waals surface area contributed by atoms with Crippen LogP contribution in [0.1, 0.15) is 36.8 Å². The van der Waals surface area contributed by atoms with E-state index >= 15 is 0 Å². The largest absolute Gasteiger partial charge is 1.00 e. The predicted molar refractivity (Wildman–Crippen MR) is 94.2 cm³/mol. The normalized spacial score (nSPS) is 21.5. The molecule has 4 nitrogen and oxygen atoms in total. The summed E-state index contributed by atoms with van der Waals surface area (Å²) in [4.78, 5) is 22.9. The molecule has 0 saturated carbocycles. The van der Waals surface area contributed by atoms with Gasteiger partial charge in [-0.25, -0.2) is 0 Å². The van der Waals surface area contributed by atoms with Crippen molar-refractivity contribution in [3.8, 4) is 0 Å². The first-order chi connectivity index (χ1) is 11.4. The van der Waals surface area contributed by atoms with Gasteiger partial charge < -0.3 is 33.8 Å². The number of benzene rings is 1. The quantitative estimate of drug-likeness (QED) is 0.487. The van der Waals surface area contributed by atoms with E-state index in [0.29, 0.717) is 11.6 Å². The van der Waals surface area contributed by atoms with E-state index in [2.05, 4.69) is 38.4 Å². The summed E-state index contributed by atoms with van der Waals surface area (Å²) in [5.74, 6) is 0.829. The number of carbonyl (C=O) groups excluding carboxylic acids is 2. The van der Waals surface area contributed by atoms with E-state index in [1.54, 1.807) is 0 Å². The third kappa shape index (κ3) is 6.05. The number of hydrogen-bond acceptors (Lipinski definition) is 2. The van der Waals surface area contributed by atoms with Gasteiger partial charge in [-0.3, -0.25) is 9.59 Å². The average molecular weight is 401 g/mol. The Bertz CT molecular complexity index is 556. The van der Waals surface area contributed by atoms with E-state index in [-0.39, 0.29) is 24.8 Å². The minimum Gasteiger partial charge on any atom is -1.00 e. The maximum atomic E-state index is 11.5. The van der Waals surface area contributed by atoms with Crippen LogP contribution in [0.2, 0.25) is 0 Å². The molecule has 0 N–H and O–H groups in total. The third-order valence-corrected chi connectivity index (χ3v) is 5.87. The van der Waals surface area contributed by atoms with Crippen molar-refractivity contribution >= 4 is 11.6 Å². The van der Waals surface area contributed by atoms with Crippen molar-refractivity contribution in [2.45, 2.75) is 38.8 Å². The predicted octanol–water partition coefficient (Wildman–Crippen LogP) is -3.69. The van der Waals surface area contributed by atoms with Gasteiger partial charge >= 0.3 is 0 Å². The van der Waals surface area contributed by atoms with E-state index in [1.165, 1.54) is 11.1 Å². The Labute approximate surface area is 169 Å². The molecule has 2 heterocycles. The smallest absolute Gasteiger partial charge is 0.144 e. The molecule has 2 fully saturated rings. The maximum absolute atomic E-state index is 11.5. The molecule has 26 heavy (non-hydrogen) atoms. The highest BCUT2D eigenvalue weighted by molar-refractivity contribution is 5.79. The molecule has 0 atom stereocenters. The van der Waals surface area contributed by atoms with Crippen molar-refractivity contribution in [2.24, 2.45) is 0 Å². The molecule has 2 aliphatic rings. The second-order valence-corrected chi connectivity index (χ2v) is 8.34. The summed E-state index contributed by atoms with van der Waals surface area (Å²) in [6.45, 7) is 5.86. The molecule has 0 aliphatic carbocycles. The van der Waals surface area contributed by atoms with Crippen LogP contribution < -0.4 is 24.8 Å². The lowest BCUT2D eigenvalue weighted by atomic mass is 10.0. The minimum atomic E-state index is 0. The van der Waals surface area contributed by atoms with Crippen LogP contribution in [-0.2, 0) is 22.7 Å². The highest BCUT2D eigenvalue weighted by atomic mass is 35.5. The van der Waals surface area contributed by atoms with Crippen LogP contribution in [0.3, 0.4) is 0 Å². The molecule has 146 valence electrons. The maximum Gasteiger partial charge on any atom is 0.144 e. The average Bonchev–Trinajstić information content (AvgIpc) is 2.56. The second kappa shape index (κ2) is 9.32. The zero-order valence-electron chi connectivity index (χ0n) is 15.8. The van der Waals surface area contributed by atoms with Gasteiger partial charge in [0.05, 0.1) is 66.0 Å². The molecule has 0 aromatic heterocycles. The summed E-state index contributed by atoms with van der Waals surface area (Å²) < 4.78 is 1.95. The molecule has 6 heteroatoms. The van der Waals surface area contributed by atoms with Gasteiger partial charge in [0, 0.05) is 11.1 Å². The third-order valence-electron chi connectivity index (χ3n) is 5.87. The Kier molecular flexibility index (Phi) is 8.28. The van der Waals surface area contributed by atoms with Gasteiger partial charge in [-0.05, 0) is 0 Å². The van der Waals surface area contributed by atoms with Crippen molar-refractivity contribution in [1.29, 1.82) is 0 Å². The fourth-order valence-electron chi connectivity index (χ4n) is 4.00. The second-order valence-electron chi connectivity index (χ2n) is 8.34. The number of Topliss-reactive ketones (excluding diaryl/α,β-unsaturated/α-hetero) is 2. The van der Waals surface area contributed by atoms with Gasteiger partial charge in [-0.15, -0.1) is 0 Å². The van der Waals surface area contributed by atoms with Gasteiger partial charge in [0.2, 0.25) is 0 Å². The number of halogens is 2. The number of carbonyl (C=O) groups is 2. The number of nitrogens with zero attached hydrogens (tertiary/aromatic N) is 2. The highest BCUT2D eigenvalue weighted by Gasteiger charge is 2.30. The molecular formula is C20H30Cl2N2O2. The van der Waals surface area contributed by atoms with Crippen molar-refractivity contribution in [2.75, 3.05) is 40.3 Å². The SMILES string of the molecule is C[N+]1(Cc2ccc(C[N+]3(C)CCC(=O)CC3)cc2)CCC(=O)CC1.[Cl-].[Cl-]. The minimum absolute atomic E-state index is 0. The van der Waals surface area contributed by atoms with Crippen LogP contribution in [0.5, 0.6) is 0 Å². The number of likely N-dealkylation sites (tertiary alicyclic amines) is 2. The molecule has 2 saturated heterocycles. The number of rotatable bonds is 4. The summed E-state index contributed by atoms with van der Waals surface area (Å²) in [6, 6.07) is 8.99. The van der Waals surface area contributed by atoms with E-state index in [9.17, 15) is 9.59 Å². The highest BCUT2D eigenvalue weighted by Crippen LogP contribution is 2.21. The van der Waals surface area contributed by atoms with Crippen LogP contribution in [0, 0.1) is 0 Å². The fourth-order valence-corrected chi connectivity index (χ4v) is 4.00. The lowest BCUT2D eigenvalue weighted by Crippen LogP contribution is -3.00. The van der Waals surface area contributed by atoms with Gasteiger partial charge in [-0.2, -0.15) is 0 Å². The molecule has 0 amide bonds. The first-order valence-electron chi connectivity index (χ1n) is 9.14. The Hall–Kier alpha value is -0.940. The topological polar surface area (TPSA) is 34.1 Å². The fraction of sp³-hybridized carbons (Fsp3) is 0.600. The molecule has 1 aromatic carbocycles. The summed E-state index contributed by atoms with van der Waals surface area (Å²) in [5, 5.41) is 0. The first-order valence-corrected chi connectivity index (χ1v) is 9.14. The molecule has 3 rings (SSSR count). The van der Waals surface area contributed by atoms with Crippen LogP contribution in [-0.4, -0.2) is 60.8 Å². The Balaban J connectivity index is 0.00000169. The summed E-state index contributed by atoms with van der Waals surface area (Å²) in [6.07, 6.45) is 2.90. The molecule has 0 unspecified atom stereocenters. The Morgan fingerprint density at radius 2 is 0.923 bits per heavy atom. The Morgan fingerprint density at radius 3 is 1.19 bits per heavy atom. The van der Waals surface area contributed by atoms with E-state index in [1.807, 2.05) is 0 Å². The molecule has 0 bridgehead atoms. The van der Waals surface area contributed by atoms with Crippen molar-refractivity contribution in [3.63, 3.8) is 0 Å². The molecule has 0 spiro atoms. The molecule has 1 aromatic rings. The van der Waals surface area contributed by atoms with Crippen LogP contribution in [0.25, 0.3) is 0 Å². The zero-order valence-corrected chi connectivity index (χ0v) is 17.4. The monoisotopic (exact) mass is 400 g/mol. The van der Waals surface area contributed by atoms with Gasteiger partial charge in [-0.1, -0.05) is 24.3 Å². The molecular weight excluding hydrogens is 371 g/mol. The van der Waals surface area contributed by atoms with Crippen molar-refractivity contribution < 1.29 is 43.4 Å². The number of hydrogen-bond donors (Lipinski definition) is 0. The van der Waals surface area contributed by atoms with Gasteiger partial charge in [0.15, 0.2) is 0 Å². The van der Waals surface area contributed by atoms with Gasteiger partial charge in [0.25, 0.3) is 0 Å². The summed E-state index contributed by atoms with van der Waals surface area (Å²) in [7, 11) is 4.52. The zero-order chi connectivity index (χ0) is 17.2. The summed E-state index contributed by atoms with van der Waals surface area (Å²) in [5.41, 5.74) is 2.71. The van der Waals surface area contributed by atoms with Crippen LogP contribution in [0.15, 0.2) is 24.3 Å². The Morgan fingerprint density at radius 1 is 0.654 bits per heavy atom. The van der Waals surface area contributed by atoms with E-state index in [4.69, 9.17) is 0 Å². The van der Waals surface area contributed by atoms with E-state index in [0.717, 1.165) is 73.9 Å². The number of ketones is 2. The van der Waals surface area contributed by atoms with Gasteiger partial charge in [0.1, 0.15) is 24.7 Å². The van der Waals surface area contributed by atoms with Crippen molar-refractivity contribution in [1.82, 2.24) is 0 Å². The van der Waals surface area contributed by atoms with E-state index < -0.39 is 0 Å². The van der Waals surface area contributed by atoms with Crippen molar-refractivity contribution in [3.05, 3.63) is 35.4 Å². The first kappa shape index (κ1) is 23.1. The lowest BCUT2D eigenvalue weighted by molar-refractivity contribution is -0.924. The summed E-state index contributed by atoms with van der Waals surface area (Å²) >= 11 is 0. The van der Waals surface area contributed by atoms with Crippen LogP contribution in [0.4, 0.5) is 0 Å². The number of quaternary nitrogens is 2. The van der Waals surface area contributed by atoms with Crippen LogP contribution >= 0.6 is 0 Å². The molecule has 0 radical (unpaired) electrons. The number of piperidine rings is 2. The molecule has 2 aliphatic heterocycles.